The summed E-state index contributed by atoms with van der Waals surface area (Å²) in [6.45, 7) is 1.72. The summed E-state index contributed by atoms with van der Waals surface area (Å²) in [7, 11) is 0. The molecule has 0 unspecified atom stereocenters. The molecule has 154 valence electrons. The largest absolute Gasteiger partial charge is 0.485 e. The van der Waals surface area contributed by atoms with Crippen LogP contribution in [-0.2, 0) is 0 Å². The standard InChI is InChI=1S/C26H19BrO4/c1-17-14-21(30-16-22(28)19-10-12-20(27)13-11-19)15-24-25(17)26(29)23(31-24)9-5-8-18-6-3-2-4-7-18/h2-15H,16H2,1H3/b8-5+,23-9-. The highest BCUT2D eigenvalue weighted by Crippen LogP contribution is 2.37. The number of allylic oxidation sites excluding steroid dienone is 3. The van der Waals surface area contributed by atoms with E-state index in [1.165, 1.54) is 0 Å². The van der Waals surface area contributed by atoms with Gasteiger partial charge in [-0.1, -0.05) is 70.5 Å². The molecule has 1 aliphatic heterocycles. The number of Topliss-reactive ketones (excluding diaryl/α,β-unsaturated/α-hetero) is 2. The highest BCUT2D eigenvalue weighted by molar-refractivity contribution is 9.10. The van der Waals surface area contributed by atoms with Gasteiger partial charge in [-0.3, -0.25) is 9.59 Å². The number of benzene rings is 3. The molecular formula is C26H19BrO4. The van der Waals surface area contributed by atoms with Gasteiger partial charge in [0.25, 0.3) is 0 Å². The van der Waals surface area contributed by atoms with Crippen LogP contribution in [0.2, 0.25) is 0 Å². The first-order valence-electron chi connectivity index (χ1n) is 9.73. The highest BCUT2D eigenvalue weighted by atomic mass is 79.9. The lowest BCUT2D eigenvalue weighted by atomic mass is 10.0. The molecule has 0 saturated heterocycles. The van der Waals surface area contributed by atoms with Gasteiger partial charge in [0.2, 0.25) is 5.78 Å². The third-order valence-electron chi connectivity index (χ3n) is 4.82. The number of carbonyl (C=O) groups is 2. The van der Waals surface area contributed by atoms with Crippen LogP contribution in [0.1, 0.15) is 31.8 Å². The molecule has 0 bridgehead atoms. The number of aryl methyl sites for hydroxylation is 1. The van der Waals surface area contributed by atoms with Crippen molar-refractivity contribution in [2.75, 3.05) is 6.61 Å². The van der Waals surface area contributed by atoms with Crippen molar-refractivity contribution in [3.05, 3.63) is 111 Å². The van der Waals surface area contributed by atoms with E-state index in [1.54, 1.807) is 36.4 Å². The van der Waals surface area contributed by atoms with Crippen LogP contribution in [0.15, 0.2) is 89.1 Å². The van der Waals surface area contributed by atoms with Crippen LogP contribution in [0.4, 0.5) is 0 Å². The molecule has 0 atom stereocenters. The highest BCUT2D eigenvalue weighted by Gasteiger charge is 2.29. The number of halogens is 1. The fourth-order valence-electron chi connectivity index (χ4n) is 3.25. The van der Waals surface area contributed by atoms with Crippen LogP contribution in [0.5, 0.6) is 11.5 Å². The first-order valence-corrected chi connectivity index (χ1v) is 10.5. The molecule has 3 aromatic carbocycles. The zero-order valence-corrected chi connectivity index (χ0v) is 18.4. The predicted octanol–water partition coefficient (Wildman–Crippen LogP) is 6.19. The molecule has 31 heavy (non-hydrogen) atoms. The second-order valence-electron chi connectivity index (χ2n) is 7.06. The molecule has 0 spiro atoms. The van der Waals surface area contributed by atoms with Crippen molar-refractivity contribution in [1.82, 2.24) is 0 Å². The zero-order valence-electron chi connectivity index (χ0n) is 16.8. The van der Waals surface area contributed by atoms with Crippen LogP contribution >= 0.6 is 15.9 Å². The van der Waals surface area contributed by atoms with E-state index in [1.807, 2.05) is 55.5 Å². The molecule has 0 saturated carbocycles. The molecule has 0 radical (unpaired) electrons. The number of carbonyl (C=O) groups excluding carboxylic acids is 2. The molecular weight excluding hydrogens is 456 g/mol. The molecule has 3 aromatic rings. The van der Waals surface area contributed by atoms with Gasteiger partial charge in [0, 0.05) is 16.1 Å². The van der Waals surface area contributed by atoms with Gasteiger partial charge in [0.15, 0.2) is 18.1 Å². The molecule has 4 rings (SSSR count). The molecule has 1 heterocycles. The first kappa shape index (κ1) is 20.8. The summed E-state index contributed by atoms with van der Waals surface area (Å²) < 4.78 is 12.4. The third kappa shape index (κ3) is 4.84. The Hall–Kier alpha value is -3.44. The van der Waals surface area contributed by atoms with Gasteiger partial charge in [-0.25, -0.2) is 0 Å². The molecule has 4 nitrogen and oxygen atoms in total. The average molecular weight is 475 g/mol. The lowest BCUT2D eigenvalue weighted by Gasteiger charge is -2.09. The summed E-state index contributed by atoms with van der Waals surface area (Å²) in [5.74, 6) is 0.886. The maximum absolute atomic E-state index is 12.7. The Bertz CT molecular complexity index is 1190. The predicted molar refractivity (Wildman–Crippen MR) is 124 cm³/mol. The van der Waals surface area contributed by atoms with Crippen LogP contribution in [0, 0.1) is 6.92 Å². The summed E-state index contributed by atoms with van der Waals surface area (Å²) in [5, 5.41) is 0. The number of fused-ring (bicyclic) bond motifs is 1. The lowest BCUT2D eigenvalue weighted by Crippen LogP contribution is -2.11. The molecule has 0 aromatic heterocycles. The van der Waals surface area contributed by atoms with Gasteiger partial charge >= 0.3 is 0 Å². The number of ketones is 2. The lowest BCUT2D eigenvalue weighted by molar-refractivity contribution is 0.0920. The Morgan fingerprint density at radius 2 is 1.81 bits per heavy atom. The van der Waals surface area contributed by atoms with Gasteiger partial charge < -0.3 is 9.47 Å². The van der Waals surface area contributed by atoms with E-state index < -0.39 is 0 Å². The van der Waals surface area contributed by atoms with Gasteiger partial charge in [0.1, 0.15) is 11.5 Å². The fraction of sp³-hybridized carbons (Fsp3) is 0.0769. The molecule has 1 aliphatic rings. The molecule has 0 N–H and O–H groups in total. The summed E-state index contributed by atoms with van der Waals surface area (Å²) in [6, 6.07) is 20.3. The van der Waals surface area contributed by atoms with Crippen molar-refractivity contribution < 1.29 is 19.1 Å². The van der Waals surface area contributed by atoms with Crippen molar-refractivity contribution >= 4 is 33.6 Å². The second kappa shape index (κ2) is 9.14. The minimum atomic E-state index is -0.164. The first-order chi connectivity index (χ1) is 15.0. The summed E-state index contributed by atoms with van der Waals surface area (Å²) in [4.78, 5) is 25.1. The van der Waals surface area contributed by atoms with Gasteiger partial charge in [-0.15, -0.1) is 0 Å². The van der Waals surface area contributed by atoms with E-state index in [0.29, 0.717) is 22.6 Å². The topological polar surface area (TPSA) is 52.6 Å². The number of ether oxygens (including phenoxy) is 2. The average Bonchev–Trinajstić information content (AvgIpc) is 3.09. The quantitative estimate of drug-likeness (QED) is 0.315. The monoisotopic (exact) mass is 474 g/mol. The van der Waals surface area contributed by atoms with Gasteiger partial charge in [-0.2, -0.15) is 0 Å². The fourth-order valence-corrected chi connectivity index (χ4v) is 3.52. The normalized spacial score (nSPS) is 14.0. The molecule has 5 heteroatoms. The number of hydrogen-bond donors (Lipinski definition) is 0. The van der Waals surface area contributed by atoms with Crippen LogP contribution < -0.4 is 9.47 Å². The van der Waals surface area contributed by atoms with Crippen molar-refractivity contribution in [1.29, 1.82) is 0 Å². The van der Waals surface area contributed by atoms with E-state index in [2.05, 4.69) is 15.9 Å². The Morgan fingerprint density at radius 1 is 1.06 bits per heavy atom. The van der Waals surface area contributed by atoms with E-state index in [-0.39, 0.29) is 23.9 Å². The second-order valence-corrected chi connectivity index (χ2v) is 7.98. The maximum Gasteiger partial charge on any atom is 0.232 e. The molecule has 0 fully saturated rings. The Balaban J connectivity index is 1.46. The molecule has 0 amide bonds. The third-order valence-corrected chi connectivity index (χ3v) is 5.34. The summed E-state index contributed by atoms with van der Waals surface area (Å²) in [6.07, 6.45) is 5.35. The Labute approximate surface area is 188 Å². The van der Waals surface area contributed by atoms with Gasteiger partial charge in [0.05, 0.1) is 5.56 Å². The van der Waals surface area contributed by atoms with Crippen molar-refractivity contribution in [3.63, 3.8) is 0 Å². The smallest absolute Gasteiger partial charge is 0.232 e. The van der Waals surface area contributed by atoms with Crippen molar-refractivity contribution in [3.8, 4) is 11.5 Å². The van der Waals surface area contributed by atoms with E-state index in [0.717, 1.165) is 15.6 Å². The minimum absolute atomic E-state index is 0.101. The summed E-state index contributed by atoms with van der Waals surface area (Å²) in [5.41, 5.74) is 2.86. The van der Waals surface area contributed by atoms with Gasteiger partial charge in [-0.05, 0) is 42.3 Å². The number of hydrogen-bond acceptors (Lipinski definition) is 4. The van der Waals surface area contributed by atoms with Crippen molar-refractivity contribution in [2.24, 2.45) is 0 Å². The van der Waals surface area contributed by atoms with E-state index in [9.17, 15) is 9.59 Å². The summed E-state index contributed by atoms with van der Waals surface area (Å²) >= 11 is 3.35. The number of rotatable bonds is 6. The Kier molecular flexibility index (Phi) is 6.14. The van der Waals surface area contributed by atoms with Crippen LogP contribution in [-0.4, -0.2) is 18.2 Å². The van der Waals surface area contributed by atoms with Crippen LogP contribution in [0.25, 0.3) is 6.08 Å². The zero-order chi connectivity index (χ0) is 21.8. The van der Waals surface area contributed by atoms with Crippen LogP contribution in [0.3, 0.4) is 0 Å². The Morgan fingerprint density at radius 3 is 2.55 bits per heavy atom. The molecule has 0 aliphatic carbocycles. The minimum Gasteiger partial charge on any atom is -0.485 e. The van der Waals surface area contributed by atoms with E-state index >= 15 is 0 Å². The maximum atomic E-state index is 12.7. The van der Waals surface area contributed by atoms with E-state index in [4.69, 9.17) is 9.47 Å². The SMILES string of the molecule is Cc1cc(OCC(=O)c2ccc(Br)cc2)cc2c1C(=O)/C(=C/C=C/c1ccccc1)O2. The van der Waals surface area contributed by atoms with Crippen molar-refractivity contribution in [2.45, 2.75) is 6.92 Å².